The Kier molecular flexibility index (Phi) is 4.83. The first-order chi connectivity index (χ1) is 11.2. The molecule has 1 fully saturated rings. The number of rotatable bonds is 5. The van der Waals surface area contributed by atoms with Gasteiger partial charge in [0.05, 0.1) is 12.4 Å². The first-order valence-corrected chi connectivity index (χ1v) is 7.85. The smallest absolute Gasteiger partial charge is 0.268 e. The lowest BCUT2D eigenvalue weighted by Gasteiger charge is -2.35. The van der Waals surface area contributed by atoms with Gasteiger partial charge in [0.1, 0.15) is 11.5 Å². The second-order valence-corrected chi connectivity index (χ2v) is 5.69. The van der Waals surface area contributed by atoms with E-state index in [-0.39, 0.29) is 5.69 Å². The lowest BCUT2D eigenvalue weighted by molar-refractivity contribution is 0.0995. The maximum Gasteiger partial charge on any atom is 0.268 e. The van der Waals surface area contributed by atoms with Gasteiger partial charge in [-0.25, -0.2) is 4.98 Å². The molecule has 2 aromatic rings. The van der Waals surface area contributed by atoms with Crippen molar-refractivity contribution in [3.63, 3.8) is 0 Å². The SMILES string of the molecule is NC(=O)c1cncc(N2CCN(CCc3ccccc3)CC2)n1. The molecule has 0 aliphatic carbocycles. The molecule has 3 rings (SSSR count). The van der Waals surface area contributed by atoms with Crippen LogP contribution >= 0.6 is 0 Å². The molecule has 0 spiro atoms. The predicted octanol–water partition coefficient (Wildman–Crippen LogP) is 0.940. The number of nitrogens with two attached hydrogens (primary N) is 1. The highest BCUT2D eigenvalue weighted by Gasteiger charge is 2.18. The fraction of sp³-hybridized carbons (Fsp3) is 0.353. The van der Waals surface area contributed by atoms with Gasteiger partial charge in [0.2, 0.25) is 0 Å². The van der Waals surface area contributed by atoms with Gasteiger partial charge >= 0.3 is 0 Å². The normalized spacial score (nSPS) is 15.6. The Hall–Kier alpha value is -2.47. The number of amides is 1. The number of anilines is 1. The zero-order valence-corrected chi connectivity index (χ0v) is 13.1. The molecule has 0 saturated carbocycles. The molecule has 0 bridgehead atoms. The first kappa shape index (κ1) is 15.4. The third-order valence-electron chi connectivity index (χ3n) is 4.13. The zero-order chi connectivity index (χ0) is 16.1. The maximum absolute atomic E-state index is 11.2. The molecule has 1 aliphatic heterocycles. The van der Waals surface area contributed by atoms with Crippen molar-refractivity contribution in [1.29, 1.82) is 0 Å². The highest BCUT2D eigenvalue weighted by atomic mass is 16.1. The van der Waals surface area contributed by atoms with E-state index < -0.39 is 5.91 Å². The number of primary amides is 1. The summed E-state index contributed by atoms with van der Waals surface area (Å²) in [5, 5.41) is 0. The zero-order valence-electron chi connectivity index (χ0n) is 13.1. The molecular formula is C17H21N5O. The molecule has 1 aromatic carbocycles. The van der Waals surface area contributed by atoms with E-state index >= 15 is 0 Å². The highest BCUT2D eigenvalue weighted by Crippen LogP contribution is 2.13. The number of benzene rings is 1. The minimum Gasteiger partial charge on any atom is -0.364 e. The summed E-state index contributed by atoms with van der Waals surface area (Å²) >= 11 is 0. The van der Waals surface area contributed by atoms with Gasteiger partial charge in [-0.1, -0.05) is 30.3 Å². The van der Waals surface area contributed by atoms with Gasteiger partial charge in [0.25, 0.3) is 5.91 Å². The van der Waals surface area contributed by atoms with E-state index in [1.807, 2.05) is 6.07 Å². The Bertz CT molecular complexity index is 653. The van der Waals surface area contributed by atoms with E-state index in [0.717, 1.165) is 45.0 Å². The number of aromatic nitrogens is 2. The standard InChI is InChI=1S/C17H21N5O/c18-17(23)15-12-19-13-16(20-15)22-10-8-21(9-11-22)7-6-14-4-2-1-3-5-14/h1-5,12-13H,6-11H2,(H2,18,23). The van der Waals surface area contributed by atoms with Crippen molar-refractivity contribution in [2.24, 2.45) is 5.73 Å². The van der Waals surface area contributed by atoms with Crippen LogP contribution in [0.4, 0.5) is 5.82 Å². The Labute approximate surface area is 135 Å². The molecule has 23 heavy (non-hydrogen) atoms. The summed E-state index contributed by atoms with van der Waals surface area (Å²) in [7, 11) is 0. The fourth-order valence-electron chi connectivity index (χ4n) is 2.76. The average Bonchev–Trinajstić information content (AvgIpc) is 2.61. The van der Waals surface area contributed by atoms with Crippen molar-refractivity contribution in [2.75, 3.05) is 37.6 Å². The third-order valence-corrected chi connectivity index (χ3v) is 4.13. The summed E-state index contributed by atoms with van der Waals surface area (Å²) in [6.07, 6.45) is 4.16. The maximum atomic E-state index is 11.2. The van der Waals surface area contributed by atoms with Crippen LogP contribution in [0.3, 0.4) is 0 Å². The summed E-state index contributed by atoms with van der Waals surface area (Å²) < 4.78 is 0. The average molecular weight is 311 g/mol. The molecule has 0 atom stereocenters. The van der Waals surface area contributed by atoms with E-state index in [1.165, 1.54) is 11.8 Å². The van der Waals surface area contributed by atoms with Gasteiger partial charge in [-0.05, 0) is 12.0 Å². The molecule has 6 heteroatoms. The first-order valence-electron chi connectivity index (χ1n) is 7.85. The van der Waals surface area contributed by atoms with Crippen molar-refractivity contribution < 1.29 is 4.79 Å². The van der Waals surface area contributed by atoms with E-state index in [0.29, 0.717) is 0 Å². The van der Waals surface area contributed by atoms with Gasteiger partial charge in [-0.3, -0.25) is 14.7 Å². The molecule has 2 N–H and O–H groups in total. The minimum atomic E-state index is -0.541. The summed E-state index contributed by atoms with van der Waals surface area (Å²) in [5.41, 5.74) is 6.85. The Morgan fingerprint density at radius 2 is 1.83 bits per heavy atom. The van der Waals surface area contributed by atoms with Crippen molar-refractivity contribution in [3.05, 3.63) is 54.0 Å². The largest absolute Gasteiger partial charge is 0.364 e. The number of nitrogens with zero attached hydrogens (tertiary/aromatic N) is 4. The Morgan fingerprint density at radius 3 is 2.52 bits per heavy atom. The monoisotopic (exact) mass is 311 g/mol. The number of piperazine rings is 1. The molecule has 1 aromatic heterocycles. The molecule has 1 amide bonds. The third kappa shape index (κ3) is 4.04. The van der Waals surface area contributed by atoms with Crippen molar-refractivity contribution in [3.8, 4) is 0 Å². The van der Waals surface area contributed by atoms with E-state index in [1.54, 1.807) is 6.20 Å². The minimum absolute atomic E-state index is 0.217. The van der Waals surface area contributed by atoms with Gasteiger partial charge in [-0.15, -0.1) is 0 Å². The van der Waals surface area contributed by atoms with Crippen LogP contribution in [0.15, 0.2) is 42.7 Å². The lowest BCUT2D eigenvalue weighted by Crippen LogP contribution is -2.47. The summed E-state index contributed by atoms with van der Waals surface area (Å²) in [6.45, 7) is 4.78. The summed E-state index contributed by atoms with van der Waals surface area (Å²) in [5.74, 6) is 0.185. The van der Waals surface area contributed by atoms with Gasteiger partial charge in [0.15, 0.2) is 0 Å². The number of hydrogen-bond acceptors (Lipinski definition) is 5. The Morgan fingerprint density at radius 1 is 1.09 bits per heavy atom. The van der Waals surface area contributed by atoms with Crippen molar-refractivity contribution >= 4 is 11.7 Å². The van der Waals surface area contributed by atoms with Crippen LogP contribution in [0.25, 0.3) is 0 Å². The second kappa shape index (κ2) is 7.19. The molecule has 0 radical (unpaired) electrons. The van der Waals surface area contributed by atoms with Crippen LogP contribution in [0.1, 0.15) is 16.1 Å². The van der Waals surface area contributed by atoms with Gasteiger partial charge in [-0.2, -0.15) is 0 Å². The molecule has 0 unspecified atom stereocenters. The Balaban J connectivity index is 1.52. The van der Waals surface area contributed by atoms with Crippen molar-refractivity contribution in [1.82, 2.24) is 14.9 Å². The van der Waals surface area contributed by atoms with Crippen LogP contribution in [0, 0.1) is 0 Å². The van der Waals surface area contributed by atoms with Crippen LogP contribution in [-0.4, -0.2) is 53.5 Å². The summed E-state index contributed by atoms with van der Waals surface area (Å²) in [4.78, 5) is 24.1. The van der Waals surface area contributed by atoms with Crippen LogP contribution in [0.5, 0.6) is 0 Å². The highest BCUT2D eigenvalue weighted by molar-refractivity contribution is 5.90. The molecule has 2 heterocycles. The van der Waals surface area contributed by atoms with Crippen LogP contribution < -0.4 is 10.6 Å². The number of carbonyl (C=O) groups excluding carboxylic acids is 1. The second-order valence-electron chi connectivity index (χ2n) is 5.69. The van der Waals surface area contributed by atoms with E-state index in [9.17, 15) is 4.79 Å². The molecule has 120 valence electrons. The van der Waals surface area contributed by atoms with Gasteiger partial charge in [0, 0.05) is 32.7 Å². The lowest BCUT2D eigenvalue weighted by atomic mass is 10.1. The number of hydrogen-bond donors (Lipinski definition) is 1. The van der Waals surface area contributed by atoms with E-state index in [2.05, 4.69) is 44.0 Å². The quantitative estimate of drug-likeness (QED) is 0.889. The van der Waals surface area contributed by atoms with Crippen molar-refractivity contribution in [2.45, 2.75) is 6.42 Å². The molecule has 1 aliphatic rings. The topological polar surface area (TPSA) is 75.4 Å². The summed E-state index contributed by atoms with van der Waals surface area (Å²) in [6, 6.07) is 10.5. The number of carbonyl (C=O) groups is 1. The molecule has 1 saturated heterocycles. The predicted molar refractivity (Wildman–Crippen MR) is 89.3 cm³/mol. The van der Waals surface area contributed by atoms with Crippen LogP contribution in [-0.2, 0) is 6.42 Å². The molecular weight excluding hydrogens is 290 g/mol. The molecule has 6 nitrogen and oxygen atoms in total. The van der Waals surface area contributed by atoms with E-state index in [4.69, 9.17) is 5.73 Å². The van der Waals surface area contributed by atoms with Gasteiger partial charge < -0.3 is 10.6 Å². The van der Waals surface area contributed by atoms with Crippen LogP contribution in [0.2, 0.25) is 0 Å². The fourth-order valence-corrected chi connectivity index (χ4v) is 2.76.